The van der Waals surface area contributed by atoms with Crippen molar-refractivity contribution in [3.05, 3.63) is 54.2 Å². The highest BCUT2D eigenvalue weighted by molar-refractivity contribution is 5.94. The van der Waals surface area contributed by atoms with E-state index >= 15 is 0 Å². The quantitative estimate of drug-likeness (QED) is 0.928. The van der Waals surface area contributed by atoms with Crippen LogP contribution in [-0.4, -0.2) is 47.1 Å². The summed E-state index contributed by atoms with van der Waals surface area (Å²) in [6, 6.07) is 5.87. The van der Waals surface area contributed by atoms with Crippen molar-refractivity contribution in [2.75, 3.05) is 13.2 Å². The molecule has 0 aromatic carbocycles. The Balaban J connectivity index is 1.47. The van der Waals surface area contributed by atoms with Gasteiger partial charge in [-0.15, -0.1) is 0 Å². The molecule has 2 fully saturated rings. The van der Waals surface area contributed by atoms with Crippen LogP contribution in [0.15, 0.2) is 47.5 Å². The van der Waals surface area contributed by atoms with E-state index in [0.29, 0.717) is 11.6 Å². The van der Waals surface area contributed by atoms with Crippen molar-refractivity contribution in [1.29, 1.82) is 0 Å². The molecule has 4 rings (SSSR count). The van der Waals surface area contributed by atoms with Crippen LogP contribution in [0.3, 0.4) is 0 Å². The highest BCUT2D eigenvalue weighted by Crippen LogP contribution is 2.30. The summed E-state index contributed by atoms with van der Waals surface area (Å²) in [5, 5.41) is 3.13. The summed E-state index contributed by atoms with van der Waals surface area (Å²) in [5.41, 5.74) is 1.73. The van der Waals surface area contributed by atoms with Crippen LogP contribution in [0.4, 0.5) is 0 Å². The van der Waals surface area contributed by atoms with Crippen molar-refractivity contribution in [2.24, 2.45) is 0 Å². The van der Waals surface area contributed by atoms with Crippen LogP contribution in [0.2, 0.25) is 0 Å². The Bertz CT molecular complexity index is 674. The first-order valence-corrected chi connectivity index (χ1v) is 8.39. The fraction of sp³-hybridized carbons (Fsp3) is 0.444. The minimum Gasteiger partial charge on any atom is -0.472 e. The van der Waals surface area contributed by atoms with E-state index in [9.17, 15) is 4.79 Å². The summed E-state index contributed by atoms with van der Waals surface area (Å²) in [4.78, 5) is 18.9. The summed E-state index contributed by atoms with van der Waals surface area (Å²) in [6.45, 7) is 2.37. The van der Waals surface area contributed by atoms with Gasteiger partial charge in [-0.05, 0) is 31.0 Å². The van der Waals surface area contributed by atoms with Gasteiger partial charge < -0.3 is 14.5 Å². The van der Waals surface area contributed by atoms with Gasteiger partial charge in [0.15, 0.2) is 0 Å². The normalized spacial score (nSPS) is 26.9. The third-order valence-corrected chi connectivity index (χ3v) is 4.84. The van der Waals surface area contributed by atoms with E-state index in [-0.39, 0.29) is 18.1 Å². The van der Waals surface area contributed by atoms with Crippen molar-refractivity contribution >= 4 is 5.91 Å². The number of carbonyl (C=O) groups excluding carboxylic acids is 1. The van der Waals surface area contributed by atoms with Gasteiger partial charge in [0.1, 0.15) is 0 Å². The Hall–Kier alpha value is -2.18. The van der Waals surface area contributed by atoms with Crippen LogP contribution >= 0.6 is 0 Å². The van der Waals surface area contributed by atoms with E-state index < -0.39 is 0 Å². The lowest BCUT2D eigenvalue weighted by Gasteiger charge is -2.32. The predicted octanol–water partition coefficient (Wildman–Crippen LogP) is 1.84. The highest BCUT2D eigenvalue weighted by Gasteiger charge is 2.44. The molecule has 1 N–H and O–H groups in total. The number of aromatic nitrogens is 1. The zero-order chi connectivity index (χ0) is 16.4. The Morgan fingerprint density at radius 1 is 1.42 bits per heavy atom. The van der Waals surface area contributed by atoms with Gasteiger partial charge in [-0.2, -0.15) is 0 Å². The number of rotatable bonds is 4. The lowest BCUT2D eigenvalue weighted by molar-refractivity contribution is -0.0211. The third-order valence-electron chi connectivity index (χ3n) is 4.84. The molecule has 0 radical (unpaired) electrons. The summed E-state index contributed by atoms with van der Waals surface area (Å²) in [7, 11) is 0. The number of hydrogen-bond acceptors (Lipinski definition) is 5. The molecular weight excluding hydrogens is 306 g/mol. The molecule has 0 spiro atoms. The average Bonchev–Trinajstić information content (AvgIpc) is 3.25. The second kappa shape index (κ2) is 6.75. The number of hydrogen-bond donors (Lipinski definition) is 1. The number of nitrogens with zero attached hydrogens (tertiary/aromatic N) is 2. The van der Waals surface area contributed by atoms with Crippen molar-refractivity contribution in [3.63, 3.8) is 0 Å². The lowest BCUT2D eigenvalue weighted by atomic mass is 10.0. The Labute approximate surface area is 140 Å². The first-order valence-electron chi connectivity index (χ1n) is 8.39. The number of pyridine rings is 1. The van der Waals surface area contributed by atoms with E-state index in [1.165, 1.54) is 0 Å². The number of likely N-dealkylation sites (tertiary alicyclic amines) is 1. The fourth-order valence-electron chi connectivity index (χ4n) is 3.73. The molecule has 0 saturated carbocycles. The molecule has 4 heterocycles. The zero-order valence-corrected chi connectivity index (χ0v) is 13.4. The number of ether oxygens (including phenoxy) is 1. The van der Waals surface area contributed by atoms with Crippen molar-refractivity contribution in [1.82, 2.24) is 15.2 Å². The van der Waals surface area contributed by atoms with E-state index in [1.54, 1.807) is 37.1 Å². The summed E-state index contributed by atoms with van der Waals surface area (Å²) in [5.74, 6) is -0.0915. The van der Waals surface area contributed by atoms with E-state index in [1.807, 2.05) is 6.07 Å². The predicted molar refractivity (Wildman–Crippen MR) is 87.4 cm³/mol. The molecule has 0 bridgehead atoms. The number of nitrogens with one attached hydrogen (secondary N) is 1. The van der Waals surface area contributed by atoms with Crippen LogP contribution in [0.1, 0.15) is 28.8 Å². The van der Waals surface area contributed by atoms with Crippen LogP contribution in [0.5, 0.6) is 0 Å². The Morgan fingerprint density at radius 3 is 3.17 bits per heavy atom. The van der Waals surface area contributed by atoms with Gasteiger partial charge in [0.2, 0.25) is 0 Å². The zero-order valence-electron chi connectivity index (χ0n) is 13.4. The second-order valence-electron chi connectivity index (χ2n) is 6.43. The molecule has 2 aliphatic rings. The second-order valence-corrected chi connectivity index (χ2v) is 6.43. The first-order chi connectivity index (χ1) is 11.8. The number of amides is 1. The van der Waals surface area contributed by atoms with Gasteiger partial charge in [-0.3, -0.25) is 14.7 Å². The molecule has 2 saturated heterocycles. The third kappa shape index (κ3) is 3.07. The molecule has 6 nitrogen and oxygen atoms in total. The monoisotopic (exact) mass is 327 g/mol. The maximum Gasteiger partial charge on any atom is 0.253 e. The fourth-order valence-corrected chi connectivity index (χ4v) is 3.73. The minimum absolute atomic E-state index is 0.00472. The first kappa shape index (κ1) is 15.4. The van der Waals surface area contributed by atoms with Crippen LogP contribution in [0.25, 0.3) is 0 Å². The largest absolute Gasteiger partial charge is 0.472 e. The van der Waals surface area contributed by atoms with Crippen molar-refractivity contribution in [2.45, 2.75) is 37.6 Å². The van der Waals surface area contributed by atoms with Gasteiger partial charge in [0.25, 0.3) is 5.91 Å². The van der Waals surface area contributed by atoms with E-state index in [4.69, 9.17) is 9.15 Å². The summed E-state index contributed by atoms with van der Waals surface area (Å²) in [6.07, 6.45) is 8.94. The molecule has 126 valence electrons. The van der Waals surface area contributed by atoms with Gasteiger partial charge in [0.05, 0.1) is 30.2 Å². The lowest BCUT2D eigenvalue weighted by Crippen LogP contribution is -2.47. The molecule has 0 aliphatic carbocycles. The highest BCUT2D eigenvalue weighted by atomic mass is 16.5. The van der Waals surface area contributed by atoms with Gasteiger partial charge in [-0.1, -0.05) is 0 Å². The molecule has 3 atom stereocenters. The van der Waals surface area contributed by atoms with Gasteiger partial charge >= 0.3 is 0 Å². The average molecular weight is 327 g/mol. The molecule has 2 aliphatic heterocycles. The van der Waals surface area contributed by atoms with Gasteiger partial charge in [0, 0.05) is 43.7 Å². The summed E-state index contributed by atoms with van der Waals surface area (Å²) >= 11 is 0. The number of carbonyl (C=O) groups is 1. The number of fused-ring (bicyclic) bond motifs is 1. The standard InChI is InChI=1S/C18H21N3O3/c22-18(14-3-1-6-19-9-14)20-15-11-21(10-13-5-8-23-12-13)16-4-2-7-24-17(15)16/h1,3,5-6,8-9,12,15-17H,2,4,7,10-11H2,(H,20,22)/t15-,16-,17-/m0/s1. The van der Waals surface area contributed by atoms with Crippen LogP contribution < -0.4 is 5.32 Å². The van der Waals surface area contributed by atoms with E-state index in [0.717, 1.165) is 38.1 Å². The van der Waals surface area contributed by atoms with Crippen LogP contribution in [0, 0.1) is 0 Å². The SMILES string of the molecule is O=C(N[C@H]1CN(Cc2ccoc2)[C@H]2CCCO[C@@H]12)c1cccnc1. The molecule has 1 amide bonds. The Kier molecular flexibility index (Phi) is 4.32. The van der Waals surface area contributed by atoms with Crippen molar-refractivity contribution in [3.8, 4) is 0 Å². The van der Waals surface area contributed by atoms with Gasteiger partial charge in [-0.25, -0.2) is 0 Å². The maximum absolute atomic E-state index is 12.5. The minimum atomic E-state index is -0.0915. The van der Waals surface area contributed by atoms with Crippen molar-refractivity contribution < 1.29 is 13.9 Å². The smallest absolute Gasteiger partial charge is 0.253 e. The molecule has 6 heteroatoms. The molecular formula is C18H21N3O3. The van der Waals surface area contributed by atoms with Crippen LogP contribution in [-0.2, 0) is 11.3 Å². The molecule has 2 aromatic rings. The molecule has 24 heavy (non-hydrogen) atoms. The topological polar surface area (TPSA) is 67.6 Å². The van der Waals surface area contributed by atoms with E-state index in [2.05, 4.69) is 15.2 Å². The summed E-state index contributed by atoms with van der Waals surface area (Å²) < 4.78 is 11.2. The number of furan rings is 1. The maximum atomic E-state index is 12.5. The molecule has 2 aromatic heterocycles. The Morgan fingerprint density at radius 2 is 2.38 bits per heavy atom. The molecule has 0 unspecified atom stereocenters.